The van der Waals surface area contributed by atoms with Gasteiger partial charge in [0.05, 0.1) is 13.7 Å². The van der Waals surface area contributed by atoms with E-state index in [0.29, 0.717) is 18.1 Å². The summed E-state index contributed by atoms with van der Waals surface area (Å²) in [4.78, 5) is 59.9. The highest BCUT2D eigenvalue weighted by Crippen LogP contribution is 2.56. The van der Waals surface area contributed by atoms with Gasteiger partial charge >= 0.3 is 12.1 Å². The zero-order valence-electron chi connectivity index (χ0n) is 20.9. The molecule has 3 aromatic rings. The first kappa shape index (κ1) is 24.9. The molecule has 5 rings (SSSR count). The molecule has 194 valence electrons. The number of fused-ring (bicyclic) bond motifs is 3. The number of esters is 1. The van der Waals surface area contributed by atoms with Gasteiger partial charge in [-0.05, 0) is 52.2 Å². The number of rotatable bonds is 5. The van der Waals surface area contributed by atoms with Crippen molar-refractivity contribution in [2.45, 2.75) is 63.6 Å². The predicted molar refractivity (Wildman–Crippen MR) is 136 cm³/mol. The lowest BCUT2D eigenvalue weighted by Crippen LogP contribution is -2.37. The van der Waals surface area contributed by atoms with Gasteiger partial charge in [0.2, 0.25) is 5.91 Å². The fraction of sp³-hybridized carbons (Fsp3) is 0.440. The van der Waals surface area contributed by atoms with Gasteiger partial charge in [-0.2, -0.15) is 0 Å². The van der Waals surface area contributed by atoms with Crippen molar-refractivity contribution < 1.29 is 23.9 Å². The topological polar surface area (TPSA) is 142 Å². The van der Waals surface area contributed by atoms with Gasteiger partial charge in [0.15, 0.2) is 0 Å². The monoisotopic (exact) mass is 525 g/mol. The van der Waals surface area contributed by atoms with E-state index < -0.39 is 29.3 Å². The highest BCUT2D eigenvalue weighted by atomic mass is 32.1. The number of thiophene rings is 1. The fourth-order valence-electron chi connectivity index (χ4n) is 4.59. The van der Waals surface area contributed by atoms with Crippen molar-refractivity contribution in [2.75, 3.05) is 12.4 Å². The Morgan fingerprint density at radius 2 is 1.95 bits per heavy atom. The lowest BCUT2D eigenvalue weighted by Gasteiger charge is -2.19. The number of methoxy groups -OCH3 is 1. The van der Waals surface area contributed by atoms with Crippen LogP contribution in [0.4, 0.5) is 10.6 Å². The summed E-state index contributed by atoms with van der Waals surface area (Å²) in [5.74, 6) is -0.157. The second-order valence-electron chi connectivity index (χ2n) is 10.3. The molecule has 4 heterocycles. The quantitative estimate of drug-likeness (QED) is 0.484. The van der Waals surface area contributed by atoms with Crippen molar-refractivity contribution in [1.82, 2.24) is 19.9 Å². The Morgan fingerprint density at radius 3 is 2.62 bits per heavy atom. The van der Waals surface area contributed by atoms with Crippen LogP contribution in [-0.2, 0) is 26.2 Å². The van der Waals surface area contributed by atoms with Crippen LogP contribution < -0.4 is 16.2 Å². The van der Waals surface area contributed by atoms with Gasteiger partial charge < -0.3 is 14.8 Å². The van der Waals surface area contributed by atoms with E-state index >= 15 is 0 Å². The van der Waals surface area contributed by atoms with Crippen LogP contribution in [0.5, 0.6) is 0 Å². The minimum Gasteiger partial charge on any atom is -0.465 e. The number of pyridine rings is 1. The van der Waals surface area contributed by atoms with Crippen LogP contribution in [0.1, 0.15) is 67.1 Å². The number of hydrogen-bond acceptors (Lipinski definition) is 9. The number of carbonyl (C=O) groups is 3. The van der Waals surface area contributed by atoms with E-state index in [2.05, 4.69) is 20.6 Å². The van der Waals surface area contributed by atoms with Gasteiger partial charge in [0.25, 0.3) is 5.56 Å². The van der Waals surface area contributed by atoms with E-state index in [1.807, 2.05) is 6.07 Å². The summed E-state index contributed by atoms with van der Waals surface area (Å²) in [6.07, 6.45) is 4.48. The highest BCUT2D eigenvalue weighted by molar-refractivity contribution is 7.19. The van der Waals surface area contributed by atoms with Crippen molar-refractivity contribution in [2.24, 2.45) is 0 Å². The molecule has 1 fully saturated rings. The van der Waals surface area contributed by atoms with E-state index in [4.69, 9.17) is 9.47 Å². The summed E-state index contributed by atoms with van der Waals surface area (Å²) in [6, 6.07) is 2.92. The maximum atomic E-state index is 13.2. The molecule has 0 bridgehead atoms. The molecule has 11 nitrogen and oxygen atoms in total. The average Bonchev–Trinajstić information content (AvgIpc) is 3.36. The SMILES string of the molecule is COC(=O)c1cnc2n(c1=O)[C@H](C(=O)NCc1cc3cnc(NC(=O)OC(C)(C)C)cc3s1)CC21CC1. The molecule has 2 amide bonds. The number of anilines is 1. The molecule has 0 saturated heterocycles. The number of aromatic nitrogens is 3. The van der Waals surface area contributed by atoms with Gasteiger partial charge in [0.1, 0.15) is 28.8 Å². The molecular formula is C25H27N5O6S. The third kappa shape index (κ3) is 4.80. The first-order chi connectivity index (χ1) is 17.5. The third-order valence-corrected chi connectivity index (χ3v) is 7.54. The van der Waals surface area contributed by atoms with Crippen LogP contribution in [0.25, 0.3) is 10.1 Å². The van der Waals surface area contributed by atoms with Crippen molar-refractivity contribution in [3.63, 3.8) is 0 Å². The summed E-state index contributed by atoms with van der Waals surface area (Å²) in [6.45, 7) is 5.60. The van der Waals surface area contributed by atoms with Crippen LogP contribution in [-0.4, -0.2) is 45.2 Å². The summed E-state index contributed by atoms with van der Waals surface area (Å²) in [5, 5.41) is 6.42. The summed E-state index contributed by atoms with van der Waals surface area (Å²) >= 11 is 1.46. The Morgan fingerprint density at radius 1 is 1.19 bits per heavy atom. The number of nitrogens with zero attached hydrogens (tertiary/aromatic N) is 3. The summed E-state index contributed by atoms with van der Waals surface area (Å²) in [5.41, 5.74) is -1.64. The highest BCUT2D eigenvalue weighted by Gasteiger charge is 2.56. The van der Waals surface area contributed by atoms with Crippen molar-refractivity contribution >= 4 is 45.2 Å². The maximum absolute atomic E-state index is 13.2. The van der Waals surface area contributed by atoms with Gasteiger partial charge in [0, 0.05) is 32.8 Å². The zero-order chi connectivity index (χ0) is 26.5. The molecule has 1 aliphatic heterocycles. The Kier molecular flexibility index (Phi) is 6.01. The van der Waals surface area contributed by atoms with E-state index in [1.165, 1.54) is 29.2 Å². The van der Waals surface area contributed by atoms with Crippen LogP contribution in [0.3, 0.4) is 0 Å². The second-order valence-corrected chi connectivity index (χ2v) is 11.5. The Bertz CT molecular complexity index is 1480. The summed E-state index contributed by atoms with van der Waals surface area (Å²) in [7, 11) is 1.20. The molecule has 1 aliphatic carbocycles. The molecule has 0 radical (unpaired) electrons. The lowest BCUT2D eigenvalue weighted by molar-refractivity contribution is -0.124. The standard InChI is InChI=1S/C25H27N5O6S/c1-24(2,3)36-23(34)29-18-8-17-13(10-26-18)7-14(37-17)11-27-19(31)16-9-25(5-6-25)22-28-12-15(21(33)35-4)20(32)30(16)22/h7-8,10,12,16H,5-6,9,11H2,1-4H3,(H,27,31)(H,26,29,34)/t16-/m0/s1. The Labute approximate surface area is 216 Å². The molecule has 0 aromatic carbocycles. The predicted octanol–water partition coefficient (Wildman–Crippen LogP) is 3.28. The molecule has 2 aliphatic rings. The van der Waals surface area contributed by atoms with Crippen LogP contribution in [0.2, 0.25) is 0 Å². The molecule has 2 N–H and O–H groups in total. The largest absolute Gasteiger partial charge is 0.465 e. The first-order valence-electron chi connectivity index (χ1n) is 11.9. The molecule has 3 aromatic heterocycles. The molecule has 1 spiro atoms. The van der Waals surface area contributed by atoms with E-state index in [9.17, 15) is 19.2 Å². The van der Waals surface area contributed by atoms with Crippen molar-refractivity contribution in [3.8, 4) is 0 Å². The van der Waals surface area contributed by atoms with Crippen molar-refractivity contribution in [1.29, 1.82) is 0 Å². The number of carbonyl (C=O) groups excluding carboxylic acids is 3. The third-order valence-electron chi connectivity index (χ3n) is 6.44. The molecule has 0 unspecified atom stereocenters. The van der Waals surface area contributed by atoms with Crippen LogP contribution in [0, 0.1) is 0 Å². The Hall–Kier alpha value is -3.80. The number of hydrogen-bond donors (Lipinski definition) is 2. The minimum absolute atomic E-state index is 0.186. The minimum atomic E-state index is -0.775. The molecule has 12 heteroatoms. The molecular weight excluding hydrogens is 498 g/mol. The maximum Gasteiger partial charge on any atom is 0.413 e. The lowest BCUT2D eigenvalue weighted by atomic mass is 10.0. The summed E-state index contributed by atoms with van der Waals surface area (Å²) < 4.78 is 12.2. The second kappa shape index (κ2) is 8.94. The van der Waals surface area contributed by atoms with Crippen LogP contribution >= 0.6 is 11.3 Å². The molecule has 1 atom stereocenters. The number of amides is 2. The molecule has 37 heavy (non-hydrogen) atoms. The van der Waals surface area contributed by atoms with E-state index in [1.54, 1.807) is 33.0 Å². The van der Waals surface area contributed by atoms with Gasteiger partial charge in [-0.25, -0.2) is 19.6 Å². The molecule has 1 saturated carbocycles. The van der Waals surface area contributed by atoms with Crippen molar-refractivity contribution in [3.05, 3.63) is 51.1 Å². The number of ether oxygens (including phenoxy) is 2. The first-order valence-corrected chi connectivity index (χ1v) is 12.7. The Balaban J connectivity index is 1.30. The average molecular weight is 526 g/mol. The number of nitrogens with one attached hydrogen (secondary N) is 2. The zero-order valence-corrected chi connectivity index (χ0v) is 21.7. The smallest absolute Gasteiger partial charge is 0.413 e. The van der Waals surface area contributed by atoms with E-state index in [-0.39, 0.29) is 23.4 Å². The van der Waals surface area contributed by atoms with Crippen LogP contribution in [0.15, 0.2) is 29.3 Å². The van der Waals surface area contributed by atoms with Gasteiger partial charge in [-0.1, -0.05) is 0 Å². The van der Waals surface area contributed by atoms with Gasteiger partial charge in [-0.15, -0.1) is 11.3 Å². The fourth-order valence-corrected chi connectivity index (χ4v) is 5.60. The van der Waals surface area contributed by atoms with Gasteiger partial charge in [-0.3, -0.25) is 19.5 Å². The normalized spacial score (nSPS) is 17.4. The van der Waals surface area contributed by atoms with E-state index in [0.717, 1.165) is 27.8 Å².